The average molecular weight is 347 g/mol. The Hall–Kier alpha value is -1.99. The standard InChI is InChI=1S/C16H19ClN6O/c17-14-9-12(23-11-19-20-21-23)1-2-13(14)15(24)22-7-4-16(5-8-22)3-6-18-10-16/h1-2,9,11,18H,3-8,10H2. The molecule has 1 aromatic carbocycles. The zero-order valence-electron chi connectivity index (χ0n) is 13.3. The lowest BCUT2D eigenvalue weighted by Gasteiger charge is -2.39. The highest BCUT2D eigenvalue weighted by Gasteiger charge is 2.38. The molecule has 0 saturated carbocycles. The predicted molar refractivity (Wildman–Crippen MR) is 89.2 cm³/mol. The van der Waals surface area contributed by atoms with Crippen LogP contribution in [-0.4, -0.2) is 57.2 Å². The molecule has 0 unspecified atom stereocenters. The van der Waals surface area contributed by atoms with Gasteiger partial charge in [-0.25, -0.2) is 4.68 Å². The van der Waals surface area contributed by atoms with Crippen molar-refractivity contribution >= 4 is 17.5 Å². The lowest BCUT2D eigenvalue weighted by Crippen LogP contribution is -2.44. The summed E-state index contributed by atoms with van der Waals surface area (Å²) in [6, 6.07) is 5.28. The molecule has 0 atom stereocenters. The summed E-state index contributed by atoms with van der Waals surface area (Å²) in [5, 5.41) is 14.9. The molecule has 2 fully saturated rings. The summed E-state index contributed by atoms with van der Waals surface area (Å²) in [6.45, 7) is 3.77. The zero-order chi connectivity index (χ0) is 16.6. The lowest BCUT2D eigenvalue weighted by molar-refractivity contribution is 0.0608. The Kier molecular flexibility index (Phi) is 3.97. The van der Waals surface area contributed by atoms with E-state index in [9.17, 15) is 4.79 Å². The third-order valence-corrected chi connectivity index (χ3v) is 5.55. The minimum atomic E-state index is 0.00377. The number of benzene rings is 1. The Morgan fingerprint density at radius 1 is 1.25 bits per heavy atom. The number of aromatic nitrogens is 4. The number of carbonyl (C=O) groups is 1. The molecule has 3 heterocycles. The van der Waals surface area contributed by atoms with Crippen LogP contribution in [0.2, 0.25) is 5.02 Å². The van der Waals surface area contributed by atoms with Crippen molar-refractivity contribution in [2.24, 2.45) is 5.41 Å². The Balaban J connectivity index is 1.49. The third kappa shape index (κ3) is 2.78. The summed E-state index contributed by atoms with van der Waals surface area (Å²) < 4.78 is 1.51. The summed E-state index contributed by atoms with van der Waals surface area (Å²) in [7, 11) is 0. The molecule has 0 radical (unpaired) electrons. The molecule has 2 aliphatic heterocycles. The maximum Gasteiger partial charge on any atom is 0.255 e. The first-order valence-electron chi connectivity index (χ1n) is 8.20. The maximum absolute atomic E-state index is 12.8. The molecule has 2 saturated heterocycles. The molecule has 4 rings (SSSR count). The number of amides is 1. The molecule has 0 aliphatic carbocycles. The highest BCUT2D eigenvalue weighted by molar-refractivity contribution is 6.34. The second kappa shape index (κ2) is 6.14. The van der Waals surface area contributed by atoms with Crippen molar-refractivity contribution in [3.8, 4) is 5.69 Å². The fraction of sp³-hybridized carbons (Fsp3) is 0.500. The molecule has 8 heteroatoms. The first kappa shape index (κ1) is 15.5. The first-order valence-corrected chi connectivity index (χ1v) is 8.58. The Bertz CT molecular complexity index is 731. The van der Waals surface area contributed by atoms with Crippen molar-refractivity contribution in [1.82, 2.24) is 30.4 Å². The van der Waals surface area contributed by atoms with Gasteiger partial charge in [0.05, 0.1) is 16.3 Å². The highest BCUT2D eigenvalue weighted by Crippen LogP contribution is 2.37. The minimum Gasteiger partial charge on any atom is -0.339 e. The van der Waals surface area contributed by atoms with E-state index in [1.54, 1.807) is 12.1 Å². The van der Waals surface area contributed by atoms with Crippen molar-refractivity contribution < 1.29 is 4.79 Å². The molecular formula is C16H19ClN6O. The van der Waals surface area contributed by atoms with Crippen LogP contribution in [0.4, 0.5) is 0 Å². The van der Waals surface area contributed by atoms with E-state index in [2.05, 4.69) is 20.8 Å². The minimum absolute atomic E-state index is 0.00377. The highest BCUT2D eigenvalue weighted by atomic mass is 35.5. The van der Waals surface area contributed by atoms with E-state index < -0.39 is 0 Å². The number of carbonyl (C=O) groups excluding carboxylic acids is 1. The van der Waals surface area contributed by atoms with E-state index >= 15 is 0 Å². The van der Waals surface area contributed by atoms with Gasteiger partial charge in [0, 0.05) is 19.6 Å². The molecule has 1 amide bonds. The number of halogens is 1. The number of nitrogens with zero attached hydrogens (tertiary/aromatic N) is 5. The molecule has 0 bridgehead atoms. The fourth-order valence-corrected chi connectivity index (χ4v) is 3.93. The monoisotopic (exact) mass is 346 g/mol. The number of hydrogen-bond acceptors (Lipinski definition) is 5. The van der Waals surface area contributed by atoms with Crippen LogP contribution in [0.15, 0.2) is 24.5 Å². The Morgan fingerprint density at radius 2 is 2.08 bits per heavy atom. The van der Waals surface area contributed by atoms with Crippen molar-refractivity contribution in [3.05, 3.63) is 35.1 Å². The molecule has 7 nitrogen and oxygen atoms in total. The Morgan fingerprint density at radius 3 is 2.71 bits per heavy atom. The normalized spacial score (nSPS) is 19.8. The van der Waals surface area contributed by atoms with Gasteiger partial charge in [0.25, 0.3) is 5.91 Å². The second-order valence-corrected chi connectivity index (χ2v) is 7.04. The fourth-order valence-electron chi connectivity index (χ4n) is 3.68. The van der Waals surface area contributed by atoms with Crippen molar-refractivity contribution in [2.45, 2.75) is 19.3 Å². The van der Waals surface area contributed by atoms with E-state index in [0.29, 0.717) is 16.0 Å². The van der Waals surface area contributed by atoms with Crippen molar-refractivity contribution in [3.63, 3.8) is 0 Å². The summed E-state index contributed by atoms with van der Waals surface area (Å²) in [6.07, 6.45) is 4.83. The van der Waals surface area contributed by atoms with E-state index in [0.717, 1.165) is 44.7 Å². The van der Waals surface area contributed by atoms with Gasteiger partial charge < -0.3 is 10.2 Å². The van der Waals surface area contributed by atoms with Crippen LogP contribution < -0.4 is 5.32 Å². The maximum atomic E-state index is 12.8. The van der Waals surface area contributed by atoms with Gasteiger partial charge in [-0.1, -0.05) is 11.6 Å². The van der Waals surface area contributed by atoms with Gasteiger partial charge in [-0.2, -0.15) is 0 Å². The average Bonchev–Trinajstić information content (AvgIpc) is 3.27. The first-order chi connectivity index (χ1) is 11.7. The zero-order valence-corrected chi connectivity index (χ0v) is 14.0. The van der Waals surface area contributed by atoms with Crippen molar-refractivity contribution in [1.29, 1.82) is 0 Å². The molecule has 1 N–H and O–H groups in total. The van der Waals surface area contributed by atoms with Gasteiger partial charge in [0.15, 0.2) is 0 Å². The van der Waals surface area contributed by atoms with Gasteiger partial charge in [0.2, 0.25) is 0 Å². The summed E-state index contributed by atoms with van der Waals surface area (Å²) in [5.41, 5.74) is 1.66. The molecular weight excluding hydrogens is 328 g/mol. The van der Waals surface area contributed by atoms with Gasteiger partial charge in [0.1, 0.15) is 6.33 Å². The summed E-state index contributed by atoms with van der Waals surface area (Å²) >= 11 is 6.34. The molecule has 2 aromatic rings. The van der Waals surface area contributed by atoms with Crippen LogP contribution in [0.3, 0.4) is 0 Å². The van der Waals surface area contributed by atoms with Gasteiger partial charge in [-0.3, -0.25) is 4.79 Å². The number of likely N-dealkylation sites (tertiary alicyclic amines) is 1. The third-order valence-electron chi connectivity index (χ3n) is 5.24. The summed E-state index contributed by atoms with van der Waals surface area (Å²) in [4.78, 5) is 14.7. The largest absolute Gasteiger partial charge is 0.339 e. The lowest BCUT2D eigenvalue weighted by atomic mass is 9.78. The SMILES string of the molecule is O=C(c1ccc(-n2cnnn2)cc1Cl)N1CCC2(CCNC2)CC1. The van der Waals surface area contributed by atoms with Gasteiger partial charge in [-0.15, -0.1) is 5.10 Å². The van der Waals surface area contributed by atoms with Crippen LogP contribution in [0, 0.1) is 5.41 Å². The van der Waals surface area contributed by atoms with Crippen LogP contribution in [-0.2, 0) is 0 Å². The van der Waals surface area contributed by atoms with Gasteiger partial charge >= 0.3 is 0 Å². The molecule has 24 heavy (non-hydrogen) atoms. The topological polar surface area (TPSA) is 75.9 Å². The van der Waals surface area contributed by atoms with Crippen LogP contribution in [0.1, 0.15) is 29.6 Å². The number of rotatable bonds is 2. The number of tetrazole rings is 1. The number of hydrogen-bond donors (Lipinski definition) is 1. The van der Waals surface area contributed by atoms with Crippen molar-refractivity contribution in [2.75, 3.05) is 26.2 Å². The predicted octanol–water partition coefficient (Wildman–Crippen LogP) is 1.53. The van der Waals surface area contributed by atoms with Gasteiger partial charge in [-0.05, 0) is 59.8 Å². The smallest absolute Gasteiger partial charge is 0.255 e. The molecule has 1 aromatic heterocycles. The number of piperidine rings is 1. The van der Waals surface area contributed by atoms with E-state index in [4.69, 9.17) is 11.6 Å². The quantitative estimate of drug-likeness (QED) is 0.892. The molecule has 1 spiro atoms. The van der Waals surface area contributed by atoms with E-state index in [1.165, 1.54) is 17.4 Å². The van der Waals surface area contributed by atoms with Crippen LogP contribution >= 0.6 is 11.6 Å². The summed E-state index contributed by atoms with van der Waals surface area (Å²) in [5.74, 6) is 0.00377. The van der Waals surface area contributed by atoms with E-state index in [-0.39, 0.29) is 5.91 Å². The molecule has 2 aliphatic rings. The van der Waals surface area contributed by atoms with Crippen LogP contribution in [0.5, 0.6) is 0 Å². The Labute approximate surface area is 145 Å². The van der Waals surface area contributed by atoms with E-state index in [1.807, 2.05) is 11.0 Å². The second-order valence-electron chi connectivity index (χ2n) is 6.64. The number of nitrogens with one attached hydrogen (secondary N) is 1. The molecule has 126 valence electrons. The van der Waals surface area contributed by atoms with Crippen LogP contribution in [0.25, 0.3) is 5.69 Å².